The number of nitrogens with two attached hydrogens (primary N) is 1. The summed E-state index contributed by atoms with van der Waals surface area (Å²) in [5, 5.41) is 3.13. The molecule has 0 aliphatic heterocycles. The number of amides is 1. The SMILES string of the molecule is COC(=O)c1ccc(CNCCCCC(N)=O)cc1F. The molecule has 6 heteroatoms. The third-order valence-electron chi connectivity index (χ3n) is 2.79. The molecule has 1 aromatic carbocycles. The van der Waals surface area contributed by atoms with Crippen LogP contribution < -0.4 is 11.1 Å². The molecule has 0 radical (unpaired) electrons. The van der Waals surface area contributed by atoms with E-state index < -0.39 is 11.8 Å². The van der Waals surface area contributed by atoms with E-state index in [1.807, 2.05) is 0 Å². The zero-order valence-corrected chi connectivity index (χ0v) is 11.4. The van der Waals surface area contributed by atoms with Crippen LogP contribution in [0.5, 0.6) is 0 Å². The second-order valence-corrected chi connectivity index (χ2v) is 4.41. The number of hydrogen-bond donors (Lipinski definition) is 2. The van der Waals surface area contributed by atoms with E-state index in [1.54, 1.807) is 6.07 Å². The molecule has 0 heterocycles. The van der Waals surface area contributed by atoms with Gasteiger partial charge >= 0.3 is 5.97 Å². The van der Waals surface area contributed by atoms with E-state index in [-0.39, 0.29) is 11.5 Å². The lowest BCUT2D eigenvalue weighted by Gasteiger charge is -2.06. The standard InChI is InChI=1S/C14H19FN2O3/c1-20-14(19)11-6-5-10(8-12(11)15)9-17-7-3-2-4-13(16)18/h5-6,8,17H,2-4,7,9H2,1H3,(H2,16,18). The Hall–Kier alpha value is -1.95. The van der Waals surface area contributed by atoms with Crippen molar-refractivity contribution in [1.29, 1.82) is 0 Å². The summed E-state index contributed by atoms with van der Waals surface area (Å²) in [4.78, 5) is 21.7. The Bertz CT molecular complexity index is 477. The van der Waals surface area contributed by atoms with Crippen LogP contribution in [0.25, 0.3) is 0 Å². The molecule has 0 saturated carbocycles. The van der Waals surface area contributed by atoms with Gasteiger partial charge in [0.1, 0.15) is 5.82 Å². The zero-order chi connectivity index (χ0) is 15.0. The van der Waals surface area contributed by atoms with Crippen LogP contribution in [0.1, 0.15) is 35.2 Å². The van der Waals surface area contributed by atoms with Crippen molar-refractivity contribution in [2.24, 2.45) is 5.73 Å². The maximum absolute atomic E-state index is 13.6. The van der Waals surface area contributed by atoms with Gasteiger partial charge < -0.3 is 15.8 Å². The molecule has 0 atom stereocenters. The summed E-state index contributed by atoms with van der Waals surface area (Å²) in [6.45, 7) is 1.21. The molecule has 5 nitrogen and oxygen atoms in total. The molecular weight excluding hydrogens is 263 g/mol. The van der Waals surface area contributed by atoms with Gasteiger partial charge in [0.2, 0.25) is 5.91 Å². The molecular formula is C14H19FN2O3. The van der Waals surface area contributed by atoms with Crippen molar-refractivity contribution < 1.29 is 18.7 Å². The Balaban J connectivity index is 2.36. The average molecular weight is 282 g/mol. The van der Waals surface area contributed by atoms with Crippen molar-refractivity contribution in [2.45, 2.75) is 25.8 Å². The van der Waals surface area contributed by atoms with Crippen molar-refractivity contribution in [3.05, 3.63) is 35.1 Å². The highest BCUT2D eigenvalue weighted by molar-refractivity contribution is 5.89. The van der Waals surface area contributed by atoms with Crippen LogP contribution in [-0.4, -0.2) is 25.5 Å². The fourth-order valence-corrected chi connectivity index (χ4v) is 1.73. The molecule has 0 unspecified atom stereocenters. The van der Waals surface area contributed by atoms with Gasteiger partial charge in [0.25, 0.3) is 0 Å². The fourth-order valence-electron chi connectivity index (χ4n) is 1.73. The van der Waals surface area contributed by atoms with Crippen LogP contribution in [0.2, 0.25) is 0 Å². The minimum absolute atomic E-state index is 0.0716. The molecule has 110 valence electrons. The van der Waals surface area contributed by atoms with E-state index in [9.17, 15) is 14.0 Å². The summed E-state index contributed by atoms with van der Waals surface area (Å²) in [5.41, 5.74) is 5.70. The van der Waals surface area contributed by atoms with Crippen LogP contribution in [0.15, 0.2) is 18.2 Å². The number of unbranched alkanes of at least 4 members (excludes halogenated alkanes) is 1. The molecule has 1 aromatic rings. The van der Waals surface area contributed by atoms with Crippen molar-refractivity contribution in [3.8, 4) is 0 Å². The monoisotopic (exact) mass is 282 g/mol. The Morgan fingerprint density at radius 3 is 2.70 bits per heavy atom. The number of ether oxygens (including phenoxy) is 1. The number of nitrogens with one attached hydrogen (secondary N) is 1. The summed E-state index contributed by atoms with van der Waals surface area (Å²) < 4.78 is 18.1. The Kier molecular flexibility index (Phi) is 6.66. The molecule has 3 N–H and O–H groups in total. The van der Waals surface area contributed by atoms with Crippen LogP contribution in [0.3, 0.4) is 0 Å². The molecule has 0 saturated heterocycles. The fraction of sp³-hybridized carbons (Fsp3) is 0.429. The third-order valence-corrected chi connectivity index (χ3v) is 2.79. The maximum Gasteiger partial charge on any atom is 0.340 e. The number of rotatable bonds is 8. The first kappa shape index (κ1) is 16.1. The number of halogens is 1. The molecule has 1 amide bonds. The number of carbonyl (C=O) groups excluding carboxylic acids is 2. The first-order valence-electron chi connectivity index (χ1n) is 6.40. The van der Waals surface area contributed by atoms with E-state index in [0.717, 1.165) is 18.4 Å². The van der Waals surface area contributed by atoms with Crippen LogP contribution in [0.4, 0.5) is 4.39 Å². The Morgan fingerprint density at radius 2 is 2.10 bits per heavy atom. The van der Waals surface area contributed by atoms with E-state index >= 15 is 0 Å². The summed E-state index contributed by atoms with van der Waals surface area (Å²) in [6, 6.07) is 4.39. The Morgan fingerprint density at radius 1 is 1.35 bits per heavy atom. The first-order valence-corrected chi connectivity index (χ1v) is 6.40. The molecule has 0 aliphatic carbocycles. The second-order valence-electron chi connectivity index (χ2n) is 4.41. The number of esters is 1. The van der Waals surface area contributed by atoms with Crippen molar-refractivity contribution in [1.82, 2.24) is 5.32 Å². The Labute approximate surface area is 117 Å². The van der Waals surface area contributed by atoms with Gasteiger partial charge in [-0.3, -0.25) is 4.79 Å². The van der Waals surface area contributed by atoms with Crippen molar-refractivity contribution >= 4 is 11.9 Å². The summed E-state index contributed by atoms with van der Waals surface area (Å²) in [5.74, 6) is -1.58. The predicted octanol–water partition coefficient (Wildman–Crippen LogP) is 1.36. The third kappa shape index (κ3) is 5.36. The summed E-state index contributed by atoms with van der Waals surface area (Å²) in [6.07, 6.45) is 1.94. The van der Waals surface area contributed by atoms with Gasteiger partial charge in [-0.25, -0.2) is 9.18 Å². The number of benzene rings is 1. The first-order chi connectivity index (χ1) is 9.54. The number of methoxy groups -OCH3 is 1. The highest BCUT2D eigenvalue weighted by atomic mass is 19.1. The van der Waals surface area contributed by atoms with Crippen LogP contribution in [-0.2, 0) is 16.1 Å². The van der Waals surface area contributed by atoms with Gasteiger partial charge in [-0.1, -0.05) is 6.07 Å². The molecule has 0 fully saturated rings. The number of primary amides is 1. The van der Waals surface area contributed by atoms with E-state index in [4.69, 9.17) is 5.73 Å². The lowest BCUT2D eigenvalue weighted by atomic mass is 10.1. The molecule has 0 spiro atoms. The highest BCUT2D eigenvalue weighted by Gasteiger charge is 2.11. The van der Waals surface area contributed by atoms with Gasteiger partial charge in [-0.15, -0.1) is 0 Å². The lowest BCUT2D eigenvalue weighted by Crippen LogP contribution is -2.16. The second kappa shape index (κ2) is 8.27. The van der Waals surface area contributed by atoms with E-state index in [0.29, 0.717) is 19.5 Å². The predicted molar refractivity (Wildman–Crippen MR) is 72.5 cm³/mol. The summed E-state index contributed by atoms with van der Waals surface area (Å²) >= 11 is 0. The van der Waals surface area contributed by atoms with Gasteiger partial charge in [0.05, 0.1) is 12.7 Å². The lowest BCUT2D eigenvalue weighted by molar-refractivity contribution is -0.118. The molecule has 20 heavy (non-hydrogen) atoms. The van der Waals surface area contributed by atoms with Crippen LogP contribution >= 0.6 is 0 Å². The smallest absolute Gasteiger partial charge is 0.340 e. The van der Waals surface area contributed by atoms with Gasteiger partial charge in [0, 0.05) is 13.0 Å². The largest absolute Gasteiger partial charge is 0.465 e. The number of carbonyl (C=O) groups is 2. The summed E-state index contributed by atoms with van der Waals surface area (Å²) in [7, 11) is 1.21. The topological polar surface area (TPSA) is 81.4 Å². The minimum Gasteiger partial charge on any atom is -0.465 e. The van der Waals surface area contributed by atoms with Crippen molar-refractivity contribution in [2.75, 3.05) is 13.7 Å². The molecule has 0 aliphatic rings. The molecule has 0 aromatic heterocycles. The van der Waals surface area contributed by atoms with E-state index in [2.05, 4.69) is 10.1 Å². The average Bonchev–Trinajstić information content (AvgIpc) is 2.41. The highest BCUT2D eigenvalue weighted by Crippen LogP contribution is 2.11. The minimum atomic E-state index is -0.687. The maximum atomic E-state index is 13.6. The normalized spacial score (nSPS) is 10.3. The van der Waals surface area contributed by atoms with Crippen molar-refractivity contribution in [3.63, 3.8) is 0 Å². The van der Waals surface area contributed by atoms with Gasteiger partial charge in [-0.2, -0.15) is 0 Å². The van der Waals surface area contributed by atoms with Gasteiger partial charge in [0.15, 0.2) is 0 Å². The van der Waals surface area contributed by atoms with Crippen LogP contribution in [0, 0.1) is 5.82 Å². The zero-order valence-electron chi connectivity index (χ0n) is 11.4. The quantitative estimate of drug-likeness (QED) is 0.557. The van der Waals surface area contributed by atoms with E-state index in [1.165, 1.54) is 19.2 Å². The molecule has 1 rings (SSSR count). The molecule has 0 bridgehead atoms. The van der Waals surface area contributed by atoms with Gasteiger partial charge in [-0.05, 0) is 37.1 Å². The number of hydrogen-bond acceptors (Lipinski definition) is 4.